The van der Waals surface area contributed by atoms with E-state index in [1.807, 2.05) is 6.92 Å². The van der Waals surface area contributed by atoms with Crippen LogP contribution in [0.25, 0.3) is 0 Å². The van der Waals surface area contributed by atoms with E-state index in [1.54, 1.807) is 7.11 Å². The van der Waals surface area contributed by atoms with Gasteiger partial charge in [0.1, 0.15) is 0 Å². The highest BCUT2D eigenvalue weighted by molar-refractivity contribution is 7.99. The third-order valence-corrected chi connectivity index (χ3v) is 3.05. The van der Waals surface area contributed by atoms with Crippen LogP contribution in [0.4, 0.5) is 0 Å². The van der Waals surface area contributed by atoms with E-state index in [0.717, 1.165) is 0 Å². The lowest BCUT2D eigenvalue weighted by Crippen LogP contribution is -2.25. The van der Waals surface area contributed by atoms with Gasteiger partial charge >= 0.3 is 0 Å². The topological polar surface area (TPSA) is 79.2 Å². The van der Waals surface area contributed by atoms with Crippen LogP contribution in [-0.4, -0.2) is 72.1 Å². The van der Waals surface area contributed by atoms with E-state index in [-0.39, 0.29) is 19.3 Å². The van der Waals surface area contributed by atoms with Crippen molar-refractivity contribution in [1.29, 1.82) is 0 Å². The van der Waals surface area contributed by atoms with Gasteiger partial charge in [-0.1, -0.05) is 0 Å². The van der Waals surface area contributed by atoms with Crippen LogP contribution in [-0.2, 0) is 9.47 Å². The molecule has 0 aliphatic heterocycles. The Morgan fingerprint density at radius 2 is 1.75 bits per heavy atom. The van der Waals surface area contributed by atoms with Gasteiger partial charge in [-0.15, -0.1) is 0 Å². The second-order valence-electron chi connectivity index (χ2n) is 3.63. The Morgan fingerprint density at radius 3 is 2.31 bits per heavy atom. The van der Waals surface area contributed by atoms with E-state index < -0.39 is 12.2 Å². The summed E-state index contributed by atoms with van der Waals surface area (Å²) in [5.74, 6) is 0.901. The van der Waals surface area contributed by atoms with Crippen molar-refractivity contribution in [2.45, 2.75) is 25.2 Å². The number of aliphatic hydroxyl groups is 3. The minimum atomic E-state index is -0.717. The molecule has 6 heteroatoms. The fraction of sp³-hybridized carbons (Fsp3) is 1.00. The lowest BCUT2D eigenvalue weighted by atomic mass is 10.4. The first-order valence-corrected chi connectivity index (χ1v) is 6.40. The van der Waals surface area contributed by atoms with Crippen LogP contribution < -0.4 is 0 Å². The molecule has 98 valence electrons. The molecule has 16 heavy (non-hydrogen) atoms. The van der Waals surface area contributed by atoms with E-state index in [2.05, 4.69) is 0 Å². The van der Waals surface area contributed by atoms with Crippen LogP contribution in [0.1, 0.15) is 6.92 Å². The molecular weight excluding hydrogens is 232 g/mol. The Bertz CT molecular complexity index is 158. The van der Waals surface area contributed by atoms with Crippen LogP contribution in [0.2, 0.25) is 0 Å². The Balaban J connectivity index is 3.40. The van der Waals surface area contributed by atoms with Crippen LogP contribution in [0.15, 0.2) is 0 Å². The molecule has 0 aliphatic carbocycles. The van der Waals surface area contributed by atoms with E-state index in [4.69, 9.17) is 19.7 Å². The van der Waals surface area contributed by atoms with Gasteiger partial charge in [0.2, 0.25) is 0 Å². The number of methoxy groups -OCH3 is 1. The smallest absolute Gasteiger partial charge is 0.0863 e. The quantitative estimate of drug-likeness (QED) is 0.487. The fourth-order valence-corrected chi connectivity index (χ4v) is 1.88. The van der Waals surface area contributed by atoms with Gasteiger partial charge in [-0.2, -0.15) is 11.8 Å². The molecule has 0 rings (SSSR count). The SMILES string of the molecule is COCC(C)OCC(O)CSCC(O)CO. The van der Waals surface area contributed by atoms with Gasteiger partial charge < -0.3 is 24.8 Å². The predicted octanol–water partition coefficient (Wildman–Crippen LogP) is -0.515. The van der Waals surface area contributed by atoms with Gasteiger partial charge in [-0.25, -0.2) is 0 Å². The molecule has 0 spiro atoms. The van der Waals surface area contributed by atoms with Crippen molar-refractivity contribution in [2.75, 3.05) is 38.4 Å². The number of thioether (sulfide) groups is 1. The van der Waals surface area contributed by atoms with Gasteiger partial charge in [0, 0.05) is 18.6 Å². The summed E-state index contributed by atoms with van der Waals surface area (Å²) in [5.41, 5.74) is 0. The van der Waals surface area contributed by atoms with Crippen molar-refractivity contribution in [3.05, 3.63) is 0 Å². The number of hydrogen-bond donors (Lipinski definition) is 3. The maximum absolute atomic E-state index is 9.52. The summed E-state index contributed by atoms with van der Waals surface area (Å²) in [7, 11) is 1.60. The van der Waals surface area contributed by atoms with Crippen LogP contribution >= 0.6 is 11.8 Å². The summed E-state index contributed by atoms with van der Waals surface area (Å²) in [4.78, 5) is 0. The first-order chi connectivity index (χ1) is 7.60. The van der Waals surface area contributed by atoms with E-state index >= 15 is 0 Å². The maximum Gasteiger partial charge on any atom is 0.0863 e. The van der Waals surface area contributed by atoms with Crippen molar-refractivity contribution in [3.8, 4) is 0 Å². The molecule has 0 aromatic heterocycles. The third-order valence-electron chi connectivity index (χ3n) is 1.81. The van der Waals surface area contributed by atoms with Gasteiger partial charge in [0.25, 0.3) is 0 Å². The summed E-state index contributed by atoms with van der Waals surface area (Å²) in [6.45, 7) is 2.39. The molecule has 0 aliphatic rings. The van der Waals surface area contributed by atoms with Crippen LogP contribution in [0.3, 0.4) is 0 Å². The molecule has 0 aromatic rings. The highest BCUT2D eigenvalue weighted by Gasteiger charge is 2.09. The van der Waals surface area contributed by atoms with Crippen LogP contribution in [0.5, 0.6) is 0 Å². The largest absolute Gasteiger partial charge is 0.394 e. The summed E-state index contributed by atoms with van der Waals surface area (Å²) in [5, 5.41) is 27.2. The van der Waals surface area contributed by atoms with Crippen LogP contribution in [0, 0.1) is 0 Å². The Labute approximate surface area is 101 Å². The highest BCUT2D eigenvalue weighted by Crippen LogP contribution is 2.06. The number of hydrogen-bond acceptors (Lipinski definition) is 6. The second kappa shape index (κ2) is 10.3. The maximum atomic E-state index is 9.52. The van der Waals surface area contributed by atoms with E-state index in [9.17, 15) is 5.11 Å². The molecule has 3 N–H and O–H groups in total. The molecule has 5 nitrogen and oxygen atoms in total. The van der Waals surface area contributed by atoms with Crippen molar-refractivity contribution in [1.82, 2.24) is 0 Å². The Kier molecular flexibility index (Phi) is 10.4. The van der Waals surface area contributed by atoms with Crippen molar-refractivity contribution in [3.63, 3.8) is 0 Å². The number of ether oxygens (including phenoxy) is 2. The molecular formula is C10H22O5S. The number of aliphatic hydroxyl groups excluding tert-OH is 3. The average molecular weight is 254 g/mol. The molecule has 0 aromatic carbocycles. The first kappa shape index (κ1) is 16.1. The standard InChI is InChI=1S/C10H22O5S/c1-8(4-14-2)15-5-10(13)7-16-6-9(12)3-11/h8-13H,3-7H2,1-2H3. The molecule has 0 saturated heterocycles. The molecule has 0 fully saturated rings. The number of rotatable bonds is 10. The van der Waals surface area contributed by atoms with Crippen molar-refractivity contribution < 1.29 is 24.8 Å². The van der Waals surface area contributed by atoms with Gasteiger partial charge in [0.15, 0.2) is 0 Å². The van der Waals surface area contributed by atoms with Gasteiger partial charge in [-0.3, -0.25) is 0 Å². The molecule has 0 radical (unpaired) electrons. The zero-order valence-electron chi connectivity index (χ0n) is 9.83. The average Bonchev–Trinajstić information content (AvgIpc) is 2.26. The second-order valence-corrected chi connectivity index (χ2v) is 4.70. The normalized spacial score (nSPS) is 17.1. The lowest BCUT2D eigenvalue weighted by molar-refractivity contribution is -0.0257. The monoisotopic (exact) mass is 254 g/mol. The highest BCUT2D eigenvalue weighted by atomic mass is 32.2. The molecule has 0 amide bonds. The summed E-state index contributed by atoms with van der Waals surface area (Å²) in [6.07, 6.45) is -1.31. The minimum Gasteiger partial charge on any atom is -0.394 e. The third kappa shape index (κ3) is 9.38. The molecule has 0 saturated carbocycles. The van der Waals surface area contributed by atoms with Gasteiger partial charge in [0.05, 0.1) is 38.1 Å². The van der Waals surface area contributed by atoms with Crippen molar-refractivity contribution >= 4 is 11.8 Å². The Morgan fingerprint density at radius 1 is 1.12 bits per heavy atom. The van der Waals surface area contributed by atoms with Crippen molar-refractivity contribution in [2.24, 2.45) is 0 Å². The fourth-order valence-electron chi connectivity index (χ4n) is 0.999. The zero-order chi connectivity index (χ0) is 12.4. The molecule has 3 unspecified atom stereocenters. The zero-order valence-corrected chi connectivity index (χ0v) is 10.7. The van der Waals surface area contributed by atoms with E-state index in [1.165, 1.54) is 11.8 Å². The summed E-state index contributed by atoms with van der Waals surface area (Å²) >= 11 is 1.39. The summed E-state index contributed by atoms with van der Waals surface area (Å²) < 4.78 is 10.2. The Hall–Kier alpha value is 0.150. The predicted molar refractivity (Wildman–Crippen MR) is 63.7 cm³/mol. The lowest BCUT2D eigenvalue weighted by Gasteiger charge is -2.16. The molecule has 3 atom stereocenters. The van der Waals surface area contributed by atoms with Gasteiger partial charge in [-0.05, 0) is 6.92 Å². The minimum absolute atomic E-state index is 0.0346. The molecule has 0 bridgehead atoms. The summed E-state index contributed by atoms with van der Waals surface area (Å²) in [6, 6.07) is 0. The van der Waals surface area contributed by atoms with E-state index in [0.29, 0.717) is 18.1 Å². The molecule has 0 heterocycles. The first-order valence-electron chi connectivity index (χ1n) is 5.25.